The van der Waals surface area contributed by atoms with E-state index in [4.69, 9.17) is 9.72 Å². The van der Waals surface area contributed by atoms with Crippen molar-refractivity contribution < 1.29 is 19.1 Å². The first-order valence-corrected chi connectivity index (χ1v) is 11.5. The Morgan fingerprint density at radius 1 is 0.757 bits per heavy atom. The van der Waals surface area contributed by atoms with Gasteiger partial charge in [-0.1, -0.05) is 30.3 Å². The molecule has 0 unspecified atom stereocenters. The molecule has 0 saturated heterocycles. The van der Waals surface area contributed by atoms with Gasteiger partial charge in [0.1, 0.15) is 11.3 Å². The second-order valence-electron chi connectivity index (χ2n) is 8.67. The van der Waals surface area contributed by atoms with Crippen LogP contribution in [0.1, 0.15) is 31.1 Å². The van der Waals surface area contributed by atoms with Crippen LogP contribution in [0.4, 0.5) is 5.69 Å². The largest absolute Gasteiger partial charge is 0.423 e. The standard InChI is InChI=1S/C29H16N4O4/c34-27-19-5-1-2-6-20(19)28(35)33(27)17-11-9-16(10-12-17)29(36)37-18-13-14-23-24(15-18)30-25-21-7-3-4-8-22(21)31-26(25)32-23/h1-15H,(H,31,32). The number of imide groups is 1. The van der Waals surface area contributed by atoms with Crippen LogP contribution < -0.4 is 9.64 Å². The Labute approximate surface area is 209 Å². The molecule has 1 aliphatic rings. The molecule has 1 N–H and O–H groups in total. The van der Waals surface area contributed by atoms with E-state index >= 15 is 0 Å². The van der Waals surface area contributed by atoms with Crippen molar-refractivity contribution in [1.82, 2.24) is 15.0 Å². The Morgan fingerprint density at radius 2 is 1.46 bits per heavy atom. The summed E-state index contributed by atoms with van der Waals surface area (Å²) in [5, 5.41) is 0.965. The van der Waals surface area contributed by atoms with E-state index < -0.39 is 17.8 Å². The number of nitrogens with zero attached hydrogens (tertiary/aromatic N) is 3. The van der Waals surface area contributed by atoms with Gasteiger partial charge in [0.05, 0.1) is 33.4 Å². The fourth-order valence-corrected chi connectivity index (χ4v) is 4.64. The minimum Gasteiger partial charge on any atom is -0.423 e. The summed E-state index contributed by atoms with van der Waals surface area (Å²) in [6.07, 6.45) is 0. The van der Waals surface area contributed by atoms with Crippen molar-refractivity contribution >= 4 is 56.6 Å². The molecule has 7 rings (SSSR count). The van der Waals surface area contributed by atoms with Crippen molar-refractivity contribution in [2.24, 2.45) is 0 Å². The summed E-state index contributed by atoms with van der Waals surface area (Å²) in [5.41, 5.74) is 5.04. The monoisotopic (exact) mass is 484 g/mol. The van der Waals surface area contributed by atoms with E-state index in [0.717, 1.165) is 21.3 Å². The zero-order valence-electron chi connectivity index (χ0n) is 19.1. The molecule has 0 atom stereocenters. The number of hydrogen-bond donors (Lipinski definition) is 1. The summed E-state index contributed by atoms with van der Waals surface area (Å²) in [7, 11) is 0. The molecule has 2 aromatic heterocycles. The molecule has 0 saturated carbocycles. The summed E-state index contributed by atoms with van der Waals surface area (Å²) < 4.78 is 5.59. The maximum atomic E-state index is 12.8. The smallest absolute Gasteiger partial charge is 0.343 e. The molecule has 1 aliphatic heterocycles. The van der Waals surface area contributed by atoms with Gasteiger partial charge in [0.25, 0.3) is 11.8 Å². The molecule has 0 bridgehead atoms. The molecule has 0 radical (unpaired) electrons. The minimum absolute atomic E-state index is 0.277. The van der Waals surface area contributed by atoms with Gasteiger partial charge in [-0.2, -0.15) is 0 Å². The molecule has 0 aliphatic carbocycles. The van der Waals surface area contributed by atoms with Crippen LogP contribution in [0.2, 0.25) is 0 Å². The summed E-state index contributed by atoms with van der Waals surface area (Å²) in [6, 6.07) is 25.8. The van der Waals surface area contributed by atoms with Crippen LogP contribution in [0, 0.1) is 0 Å². The lowest BCUT2D eigenvalue weighted by Crippen LogP contribution is -2.29. The van der Waals surface area contributed by atoms with Crippen molar-refractivity contribution in [2.75, 3.05) is 4.90 Å². The van der Waals surface area contributed by atoms with Gasteiger partial charge in [0, 0.05) is 17.0 Å². The number of anilines is 1. The fraction of sp³-hybridized carbons (Fsp3) is 0. The molecule has 8 heteroatoms. The minimum atomic E-state index is -0.575. The third-order valence-corrected chi connectivity index (χ3v) is 6.44. The van der Waals surface area contributed by atoms with Gasteiger partial charge in [-0.3, -0.25) is 9.59 Å². The van der Waals surface area contributed by atoms with Crippen molar-refractivity contribution in [3.8, 4) is 5.75 Å². The zero-order chi connectivity index (χ0) is 25.1. The second kappa shape index (κ2) is 7.82. The predicted octanol–water partition coefficient (Wildman–Crippen LogP) is 5.28. The number of aromatic amines is 1. The summed E-state index contributed by atoms with van der Waals surface area (Å²) in [4.78, 5) is 52.0. The van der Waals surface area contributed by atoms with Gasteiger partial charge in [-0.25, -0.2) is 19.7 Å². The van der Waals surface area contributed by atoms with Gasteiger partial charge in [0.15, 0.2) is 5.65 Å². The van der Waals surface area contributed by atoms with Crippen LogP contribution in [-0.4, -0.2) is 32.7 Å². The maximum Gasteiger partial charge on any atom is 0.343 e. The number of fused-ring (bicyclic) bond motifs is 5. The number of benzene rings is 4. The Morgan fingerprint density at radius 3 is 2.22 bits per heavy atom. The highest BCUT2D eigenvalue weighted by molar-refractivity contribution is 6.34. The van der Waals surface area contributed by atoms with Gasteiger partial charge < -0.3 is 9.72 Å². The molecule has 0 fully saturated rings. The highest BCUT2D eigenvalue weighted by Crippen LogP contribution is 2.29. The normalized spacial score (nSPS) is 13.0. The number of rotatable bonds is 3. The maximum absolute atomic E-state index is 12.8. The Balaban J connectivity index is 1.15. The lowest BCUT2D eigenvalue weighted by molar-refractivity contribution is 0.0734. The molecule has 2 amide bonds. The van der Waals surface area contributed by atoms with Gasteiger partial charge in [-0.05, 0) is 54.6 Å². The third-order valence-electron chi connectivity index (χ3n) is 6.44. The molecule has 37 heavy (non-hydrogen) atoms. The van der Waals surface area contributed by atoms with Crippen LogP contribution in [0.15, 0.2) is 91.0 Å². The zero-order valence-corrected chi connectivity index (χ0v) is 19.1. The molecule has 4 aromatic carbocycles. The van der Waals surface area contributed by atoms with Crippen molar-refractivity contribution in [2.45, 2.75) is 0 Å². The summed E-state index contributed by atoms with van der Waals surface area (Å²) in [5.74, 6) is -1.03. The number of esters is 1. The van der Waals surface area contributed by atoms with Crippen LogP contribution in [0.3, 0.4) is 0 Å². The number of ether oxygens (including phenoxy) is 1. The number of nitrogens with one attached hydrogen (secondary N) is 1. The number of aromatic nitrogens is 3. The van der Waals surface area contributed by atoms with Crippen LogP contribution in [-0.2, 0) is 0 Å². The van der Waals surface area contributed by atoms with Crippen LogP contribution in [0.5, 0.6) is 5.75 Å². The van der Waals surface area contributed by atoms with Gasteiger partial charge in [0.2, 0.25) is 0 Å². The molecular formula is C29H16N4O4. The first kappa shape index (κ1) is 21.0. The van der Waals surface area contributed by atoms with E-state index in [1.165, 1.54) is 12.1 Å². The topological polar surface area (TPSA) is 105 Å². The van der Waals surface area contributed by atoms with E-state index in [1.54, 1.807) is 54.6 Å². The van der Waals surface area contributed by atoms with Crippen LogP contribution in [0.25, 0.3) is 33.1 Å². The van der Waals surface area contributed by atoms with Gasteiger partial charge in [-0.15, -0.1) is 0 Å². The number of para-hydroxylation sites is 1. The first-order valence-electron chi connectivity index (χ1n) is 11.5. The van der Waals surface area contributed by atoms with Crippen molar-refractivity contribution in [3.63, 3.8) is 0 Å². The first-order chi connectivity index (χ1) is 18.1. The van der Waals surface area contributed by atoms with E-state index in [2.05, 4.69) is 9.97 Å². The van der Waals surface area contributed by atoms with Gasteiger partial charge >= 0.3 is 5.97 Å². The highest BCUT2D eigenvalue weighted by atomic mass is 16.5. The molecule has 6 aromatic rings. The number of amides is 2. The van der Waals surface area contributed by atoms with Crippen molar-refractivity contribution in [1.29, 1.82) is 0 Å². The van der Waals surface area contributed by atoms with E-state index in [1.807, 2.05) is 24.3 Å². The number of carbonyl (C=O) groups is 3. The predicted molar refractivity (Wildman–Crippen MR) is 138 cm³/mol. The quantitative estimate of drug-likeness (QED) is 0.208. The SMILES string of the molecule is O=C(Oc1ccc2nc3[nH]c4ccccc4c3nc2c1)c1ccc(N2C(=O)c3ccccc3C2=O)cc1. The lowest BCUT2D eigenvalue weighted by Gasteiger charge is -2.14. The van der Waals surface area contributed by atoms with Crippen molar-refractivity contribution in [3.05, 3.63) is 108 Å². The molecule has 8 nitrogen and oxygen atoms in total. The number of H-pyrrole nitrogens is 1. The third kappa shape index (κ3) is 3.27. The summed E-state index contributed by atoms with van der Waals surface area (Å²) in [6.45, 7) is 0. The fourth-order valence-electron chi connectivity index (χ4n) is 4.64. The number of hydrogen-bond acceptors (Lipinski definition) is 6. The number of carbonyl (C=O) groups excluding carboxylic acids is 3. The molecule has 3 heterocycles. The Bertz CT molecular complexity index is 1890. The summed E-state index contributed by atoms with van der Waals surface area (Å²) >= 11 is 0. The molecule has 0 spiro atoms. The second-order valence-corrected chi connectivity index (χ2v) is 8.67. The average molecular weight is 484 g/mol. The molecule has 176 valence electrons. The van der Waals surface area contributed by atoms with E-state index in [9.17, 15) is 14.4 Å². The Kier molecular flexibility index (Phi) is 4.43. The highest BCUT2D eigenvalue weighted by Gasteiger charge is 2.36. The Hall–Kier alpha value is -5.37. The van der Waals surface area contributed by atoms with Crippen LogP contribution >= 0.6 is 0 Å². The van der Waals surface area contributed by atoms with E-state index in [-0.39, 0.29) is 5.56 Å². The average Bonchev–Trinajstić information content (AvgIpc) is 3.41. The van der Waals surface area contributed by atoms with E-state index in [0.29, 0.717) is 39.2 Å². The molecular weight excluding hydrogens is 468 g/mol. The lowest BCUT2D eigenvalue weighted by atomic mass is 10.1.